The van der Waals surface area contributed by atoms with Crippen molar-refractivity contribution < 1.29 is 9.26 Å². The van der Waals surface area contributed by atoms with Crippen LogP contribution in [0.2, 0.25) is 5.02 Å². The van der Waals surface area contributed by atoms with Gasteiger partial charge in [0.1, 0.15) is 23.3 Å². The molecule has 0 saturated carbocycles. The number of nitrogens with zero attached hydrogens (tertiary/aromatic N) is 3. The first-order valence-electron chi connectivity index (χ1n) is 6.97. The Morgan fingerprint density at radius 2 is 2.23 bits per heavy atom. The van der Waals surface area contributed by atoms with Crippen LogP contribution in [0.1, 0.15) is 16.8 Å². The summed E-state index contributed by atoms with van der Waals surface area (Å²) in [5, 5.41) is 8.73. The highest BCUT2D eigenvalue weighted by molar-refractivity contribution is 6.30. The van der Waals surface area contributed by atoms with Crippen LogP contribution in [0.4, 0.5) is 5.82 Å². The highest BCUT2D eigenvalue weighted by Gasteiger charge is 2.18. The van der Waals surface area contributed by atoms with Gasteiger partial charge in [-0.2, -0.15) is 4.98 Å². The Morgan fingerprint density at radius 3 is 3.14 bits per heavy atom. The third-order valence-electron chi connectivity index (χ3n) is 3.71. The van der Waals surface area contributed by atoms with Crippen LogP contribution in [-0.4, -0.2) is 21.7 Å². The van der Waals surface area contributed by atoms with E-state index in [0.29, 0.717) is 24.7 Å². The summed E-state index contributed by atoms with van der Waals surface area (Å²) in [4.78, 5) is 8.34. The first-order valence-corrected chi connectivity index (χ1v) is 7.35. The molecule has 0 bridgehead atoms. The normalized spacial score (nSPS) is 13.2. The zero-order valence-electron chi connectivity index (χ0n) is 11.9. The lowest BCUT2D eigenvalue weighted by atomic mass is 10.1. The standard InChI is InChI=1S/C15H13ClN4O2/c1-8-12-14(18-7-19-15(12)22-20-8)17-6-10-5-11(16)4-9-2-3-21-13(9)10/h4-5,7H,2-3,6H2,1H3,(H,17,18,19). The molecule has 1 aliphatic heterocycles. The van der Waals surface area contributed by atoms with Crippen LogP contribution in [0.15, 0.2) is 23.0 Å². The van der Waals surface area contributed by atoms with Crippen molar-refractivity contribution in [3.05, 3.63) is 40.3 Å². The highest BCUT2D eigenvalue weighted by atomic mass is 35.5. The molecule has 3 heterocycles. The molecule has 1 N–H and O–H groups in total. The van der Waals surface area contributed by atoms with Crippen LogP contribution < -0.4 is 10.1 Å². The van der Waals surface area contributed by atoms with Crippen molar-refractivity contribution in [3.63, 3.8) is 0 Å². The van der Waals surface area contributed by atoms with Crippen molar-refractivity contribution in [2.75, 3.05) is 11.9 Å². The van der Waals surface area contributed by atoms with Gasteiger partial charge in [-0.15, -0.1) is 0 Å². The Hall–Kier alpha value is -2.34. The molecule has 1 aliphatic rings. The van der Waals surface area contributed by atoms with Crippen LogP contribution in [0, 0.1) is 6.92 Å². The number of rotatable bonds is 3. The minimum absolute atomic E-state index is 0.475. The molecule has 0 amide bonds. The molecule has 1 aromatic carbocycles. The molecule has 0 spiro atoms. The van der Waals surface area contributed by atoms with Crippen molar-refractivity contribution in [1.82, 2.24) is 15.1 Å². The number of benzene rings is 1. The zero-order valence-corrected chi connectivity index (χ0v) is 12.6. The molecule has 112 valence electrons. The van der Waals surface area contributed by atoms with Crippen LogP contribution in [0.3, 0.4) is 0 Å². The van der Waals surface area contributed by atoms with Gasteiger partial charge in [0, 0.05) is 23.6 Å². The molecule has 4 rings (SSSR count). The van der Waals surface area contributed by atoms with Crippen molar-refractivity contribution >= 4 is 28.5 Å². The highest BCUT2D eigenvalue weighted by Crippen LogP contribution is 2.33. The summed E-state index contributed by atoms with van der Waals surface area (Å²) < 4.78 is 10.9. The van der Waals surface area contributed by atoms with E-state index in [9.17, 15) is 0 Å². The Balaban J connectivity index is 1.67. The van der Waals surface area contributed by atoms with Gasteiger partial charge in [-0.1, -0.05) is 16.8 Å². The Labute approximate surface area is 131 Å². The second-order valence-electron chi connectivity index (χ2n) is 5.18. The van der Waals surface area contributed by atoms with E-state index in [1.807, 2.05) is 19.1 Å². The molecule has 0 fully saturated rings. The number of anilines is 1. The summed E-state index contributed by atoms with van der Waals surface area (Å²) in [5.74, 6) is 1.61. The Morgan fingerprint density at radius 1 is 1.32 bits per heavy atom. The van der Waals surface area contributed by atoms with Crippen molar-refractivity contribution in [2.24, 2.45) is 0 Å². The SMILES string of the molecule is Cc1noc2ncnc(NCc3cc(Cl)cc4c3OCC4)c12. The summed E-state index contributed by atoms with van der Waals surface area (Å²) in [6, 6.07) is 3.87. The second-order valence-corrected chi connectivity index (χ2v) is 5.61. The monoisotopic (exact) mass is 316 g/mol. The molecule has 0 saturated heterocycles. The Kier molecular flexibility index (Phi) is 3.11. The summed E-state index contributed by atoms with van der Waals surface area (Å²) in [7, 11) is 0. The van der Waals surface area contributed by atoms with Gasteiger partial charge in [0.15, 0.2) is 0 Å². The maximum absolute atomic E-state index is 6.18. The molecule has 22 heavy (non-hydrogen) atoms. The van der Waals surface area contributed by atoms with Gasteiger partial charge in [-0.25, -0.2) is 4.98 Å². The minimum atomic E-state index is 0.475. The largest absolute Gasteiger partial charge is 0.493 e. The average molecular weight is 317 g/mol. The summed E-state index contributed by atoms with van der Waals surface area (Å²) in [5.41, 5.74) is 3.40. The van der Waals surface area contributed by atoms with E-state index in [1.165, 1.54) is 6.33 Å². The molecule has 3 aromatic rings. The first-order chi connectivity index (χ1) is 10.7. The number of aryl methyl sites for hydroxylation is 1. The van der Waals surface area contributed by atoms with Gasteiger partial charge in [0.2, 0.25) is 0 Å². The number of ether oxygens (including phenoxy) is 1. The summed E-state index contributed by atoms with van der Waals surface area (Å²) >= 11 is 6.18. The Bertz CT molecular complexity index is 862. The molecule has 0 aliphatic carbocycles. The lowest BCUT2D eigenvalue weighted by molar-refractivity contribution is 0.354. The number of hydrogen-bond acceptors (Lipinski definition) is 6. The zero-order chi connectivity index (χ0) is 15.1. The topological polar surface area (TPSA) is 73.1 Å². The first kappa shape index (κ1) is 13.3. The number of hydrogen-bond donors (Lipinski definition) is 1. The predicted molar refractivity (Wildman–Crippen MR) is 82.3 cm³/mol. The van der Waals surface area contributed by atoms with Crippen LogP contribution >= 0.6 is 11.6 Å². The maximum Gasteiger partial charge on any atom is 0.263 e. The van der Waals surface area contributed by atoms with Crippen molar-refractivity contribution in [3.8, 4) is 5.75 Å². The van der Waals surface area contributed by atoms with Crippen molar-refractivity contribution in [1.29, 1.82) is 0 Å². The van der Waals surface area contributed by atoms with Gasteiger partial charge in [0.25, 0.3) is 5.71 Å². The van der Waals surface area contributed by atoms with Gasteiger partial charge in [-0.3, -0.25) is 0 Å². The smallest absolute Gasteiger partial charge is 0.263 e. The van der Waals surface area contributed by atoms with Crippen LogP contribution in [0.25, 0.3) is 11.1 Å². The van der Waals surface area contributed by atoms with E-state index in [0.717, 1.165) is 39.4 Å². The number of nitrogens with one attached hydrogen (secondary N) is 1. The lowest BCUT2D eigenvalue weighted by Gasteiger charge is -2.11. The summed E-state index contributed by atoms with van der Waals surface area (Å²) in [6.45, 7) is 3.12. The van der Waals surface area contributed by atoms with Gasteiger partial charge >= 0.3 is 0 Å². The molecular formula is C15H13ClN4O2. The van der Waals surface area contributed by atoms with E-state index < -0.39 is 0 Å². The minimum Gasteiger partial charge on any atom is -0.493 e. The number of halogens is 1. The van der Waals surface area contributed by atoms with Crippen LogP contribution in [0.5, 0.6) is 5.75 Å². The van der Waals surface area contributed by atoms with E-state index in [-0.39, 0.29) is 0 Å². The number of fused-ring (bicyclic) bond motifs is 2. The second kappa shape index (κ2) is 5.14. The van der Waals surface area contributed by atoms with Gasteiger partial charge in [-0.05, 0) is 24.6 Å². The molecule has 6 nitrogen and oxygen atoms in total. The van der Waals surface area contributed by atoms with E-state index in [2.05, 4.69) is 20.4 Å². The third-order valence-corrected chi connectivity index (χ3v) is 3.93. The van der Waals surface area contributed by atoms with E-state index in [1.54, 1.807) is 0 Å². The third kappa shape index (κ3) is 2.16. The van der Waals surface area contributed by atoms with E-state index in [4.69, 9.17) is 20.9 Å². The number of aromatic nitrogens is 3. The van der Waals surface area contributed by atoms with Crippen molar-refractivity contribution in [2.45, 2.75) is 19.9 Å². The van der Waals surface area contributed by atoms with Crippen LogP contribution in [-0.2, 0) is 13.0 Å². The fourth-order valence-electron chi connectivity index (χ4n) is 2.71. The fraction of sp³-hybridized carbons (Fsp3) is 0.267. The molecule has 0 unspecified atom stereocenters. The van der Waals surface area contributed by atoms with Gasteiger partial charge < -0.3 is 14.6 Å². The molecule has 2 aromatic heterocycles. The average Bonchev–Trinajstić information content (AvgIpc) is 3.12. The molecular weight excluding hydrogens is 304 g/mol. The molecule has 0 radical (unpaired) electrons. The quantitative estimate of drug-likeness (QED) is 0.800. The molecule has 7 heteroatoms. The van der Waals surface area contributed by atoms with Gasteiger partial charge in [0.05, 0.1) is 12.3 Å². The summed E-state index contributed by atoms with van der Waals surface area (Å²) in [6.07, 6.45) is 2.35. The van der Waals surface area contributed by atoms with E-state index >= 15 is 0 Å². The maximum atomic E-state index is 6.18. The fourth-order valence-corrected chi connectivity index (χ4v) is 2.98. The lowest BCUT2D eigenvalue weighted by Crippen LogP contribution is -2.04. The predicted octanol–water partition coefficient (Wildman–Crippen LogP) is 3.13. The molecule has 0 atom stereocenters.